The van der Waals surface area contributed by atoms with Gasteiger partial charge in [0.25, 0.3) is 5.91 Å². The van der Waals surface area contributed by atoms with Gasteiger partial charge in [-0.25, -0.2) is 4.79 Å². The lowest BCUT2D eigenvalue weighted by Gasteiger charge is -2.17. The van der Waals surface area contributed by atoms with E-state index in [2.05, 4.69) is 37.2 Å². The summed E-state index contributed by atoms with van der Waals surface area (Å²) in [6, 6.07) is -0.878. The zero-order chi connectivity index (χ0) is 14.0. The van der Waals surface area contributed by atoms with Crippen molar-refractivity contribution < 1.29 is 14.7 Å². The van der Waals surface area contributed by atoms with Gasteiger partial charge in [-0.3, -0.25) is 4.79 Å². The Morgan fingerprint density at radius 1 is 1.33 bits per heavy atom. The number of amides is 1. The number of carbonyl (C=O) groups is 2. The summed E-state index contributed by atoms with van der Waals surface area (Å²) in [5.74, 6) is -1.55. The first kappa shape index (κ1) is 15.7. The van der Waals surface area contributed by atoms with Crippen molar-refractivity contribution in [1.82, 2.24) is 5.32 Å². The molecule has 4 nitrogen and oxygen atoms in total. The van der Waals surface area contributed by atoms with Crippen LogP contribution in [0.5, 0.6) is 0 Å². The Bertz CT molecular complexity index is 485. The molecular formula is C11H13Br2NO3S. The van der Waals surface area contributed by atoms with Crippen LogP contribution in [0, 0.1) is 12.8 Å². The molecule has 0 spiro atoms. The molecule has 18 heavy (non-hydrogen) atoms. The first-order chi connectivity index (χ1) is 8.25. The number of rotatable bonds is 4. The predicted octanol–water partition coefficient (Wildman–Crippen LogP) is 3.42. The van der Waals surface area contributed by atoms with Crippen molar-refractivity contribution in [3.63, 3.8) is 0 Å². The van der Waals surface area contributed by atoms with Crippen LogP contribution in [0.1, 0.15) is 29.1 Å². The third-order valence-electron chi connectivity index (χ3n) is 2.46. The Balaban J connectivity index is 2.94. The molecule has 0 unspecified atom stereocenters. The summed E-state index contributed by atoms with van der Waals surface area (Å²) in [5, 5.41) is 11.6. The van der Waals surface area contributed by atoms with Crippen LogP contribution in [0.4, 0.5) is 0 Å². The topological polar surface area (TPSA) is 66.4 Å². The van der Waals surface area contributed by atoms with Crippen LogP contribution in [0.15, 0.2) is 8.26 Å². The van der Waals surface area contributed by atoms with Crippen LogP contribution >= 0.6 is 43.2 Å². The van der Waals surface area contributed by atoms with Crippen LogP contribution < -0.4 is 5.32 Å². The molecule has 0 saturated heterocycles. The maximum atomic E-state index is 12.0. The van der Waals surface area contributed by atoms with Crippen molar-refractivity contribution in [2.24, 2.45) is 5.92 Å². The average molecular weight is 399 g/mol. The Morgan fingerprint density at radius 2 is 1.89 bits per heavy atom. The molecule has 100 valence electrons. The lowest BCUT2D eigenvalue weighted by molar-refractivity contribution is -0.140. The fourth-order valence-electron chi connectivity index (χ4n) is 1.40. The summed E-state index contributed by atoms with van der Waals surface area (Å²) in [4.78, 5) is 23.6. The van der Waals surface area contributed by atoms with Crippen LogP contribution in [-0.4, -0.2) is 23.0 Å². The quantitative estimate of drug-likeness (QED) is 0.816. The lowest BCUT2D eigenvalue weighted by Crippen LogP contribution is -2.44. The molecule has 0 aliphatic rings. The number of carbonyl (C=O) groups excluding carboxylic acids is 1. The zero-order valence-corrected chi connectivity index (χ0v) is 14.1. The van der Waals surface area contributed by atoms with Crippen LogP contribution in [0.3, 0.4) is 0 Å². The summed E-state index contributed by atoms with van der Waals surface area (Å²) < 4.78 is 1.65. The smallest absolute Gasteiger partial charge is 0.326 e. The molecule has 0 saturated carbocycles. The van der Waals surface area contributed by atoms with Gasteiger partial charge in [0.2, 0.25) is 0 Å². The number of hydrogen-bond donors (Lipinski definition) is 2. The molecule has 2 N–H and O–H groups in total. The van der Waals surface area contributed by atoms with E-state index in [1.165, 1.54) is 11.3 Å². The van der Waals surface area contributed by atoms with E-state index in [0.29, 0.717) is 4.88 Å². The minimum absolute atomic E-state index is 0.168. The summed E-state index contributed by atoms with van der Waals surface area (Å²) >= 11 is 7.97. The van der Waals surface area contributed by atoms with Crippen molar-refractivity contribution in [3.8, 4) is 0 Å². The molecule has 7 heteroatoms. The van der Waals surface area contributed by atoms with Crippen molar-refractivity contribution >= 4 is 55.1 Å². The number of carboxylic acid groups (broad SMARTS) is 1. The van der Waals surface area contributed by atoms with E-state index in [-0.39, 0.29) is 11.8 Å². The third kappa shape index (κ3) is 3.33. The monoisotopic (exact) mass is 397 g/mol. The van der Waals surface area contributed by atoms with E-state index >= 15 is 0 Å². The zero-order valence-electron chi connectivity index (χ0n) is 10.1. The van der Waals surface area contributed by atoms with Crippen molar-refractivity contribution in [3.05, 3.63) is 18.7 Å². The summed E-state index contributed by atoms with van der Waals surface area (Å²) in [6.45, 7) is 5.32. The fourth-order valence-corrected chi connectivity index (χ4v) is 3.58. The molecular weight excluding hydrogens is 386 g/mol. The highest BCUT2D eigenvalue weighted by Crippen LogP contribution is 2.36. The lowest BCUT2D eigenvalue weighted by atomic mass is 10.0. The first-order valence-electron chi connectivity index (χ1n) is 5.23. The molecule has 0 fully saturated rings. The molecule has 1 aromatic rings. The second kappa shape index (κ2) is 6.16. The van der Waals surface area contributed by atoms with Gasteiger partial charge < -0.3 is 10.4 Å². The number of aliphatic carboxylic acids is 1. The minimum Gasteiger partial charge on any atom is -0.480 e. The Labute approximate surface area is 126 Å². The molecule has 1 aromatic heterocycles. The largest absolute Gasteiger partial charge is 0.480 e. The first-order valence-corrected chi connectivity index (χ1v) is 7.64. The van der Waals surface area contributed by atoms with Gasteiger partial charge in [-0.15, -0.1) is 11.3 Å². The highest BCUT2D eigenvalue weighted by Gasteiger charge is 2.26. The molecule has 1 rings (SSSR count). The van der Waals surface area contributed by atoms with Crippen LogP contribution in [0.2, 0.25) is 0 Å². The Hall–Kier alpha value is -0.400. The molecule has 0 bridgehead atoms. The second-order valence-electron chi connectivity index (χ2n) is 4.18. The molecule has 1 atom stereocenters. The maximum Gasteiger partial charge on any atom is 0.326 e. The van der Waals surface area contributed by atoms with Crippen LogP contribution in [0.25, 0.3) is 0 Å². The molecule has 0 aromatic carbocycles. The summed E-state index contributed by atoms with van der Waals surface area (Å²) in [7, 11) is 0. The van der Waals surface area contributed by atoms with Crippen LogP contribution in [-0.2, 0) is 4.79 Å². The standard InChI is InChI=1S/C11H13Br2NO3S/c1-4(2)7(11(16)17)14-10(15)8-5(3)6(12)9(13)18-8/h4,7H,1-3H3,(H,14,15)(H,16,17)/t7-/m0/s1. The molecule has 0 aliphatic carbocycles. The van der Waals surface area contributed by atoms with Crippen molar-refractivity contribution in [2.45, 2.75) is 26.8 Å². The summed E-state index contributed by atoms with van der Waals surface area (Å²) in [6.07, 6.45) is 0. The van der Waals surface area contributed by atoms with E-state index in [9.17, 15) is 9.59 Å². The average Bonchev–Trinajstić information content (AvgIpc) is 2.52. The van der Waals surface area contributed by atoms with Gasteiger partial charge in [-0.05, 0) is 50.3 Å². The Kier molecular flexibility index (Phi) is 5.36. The van der Waals surface area contributed by atoms with E-state index in [1.807, 2.05) is 6.92 Å². The van der Waals surface area contributed by atoms with Gasteiger partial charge >= 0.3 is 5.97 Å². The normalized spacial score (nSPS) is 12.6. The summed E-state index contributed by atoms with van der Waals surface area (Å²) in [5.41, 5.74) is 0.803. The van der Waals surface area contributed by atoms with Crippen molar-refractivity contribution in [1.29, 1.82) is 0 Å². The Morgan fingerprint density at radius 3 is 2.22 bits per heavy atom. The molecule has 0 radical (unpaired) electrons. The van der Waals surface area contributed by atoms with E-state index in [0.717, 1.165) is 13.8 Å². The van der Waals surface area contributed by atoms with Gasteiger partial charge in [0.05, 0.1) is 8.66 Å². The number of nitrogens with one attached hydrogen (secondary N) is 1. The second-order valence-corrected chi connectivity index (χ2v) is 7.31. The van der Waals surface area contributed by atoms with Gasteiger partial charge in [0.15, 0.2) is 0 Å². The predicted molar refractivity (Wildman–Crippen MR) is 78.2 cm³/mol. The molecule has 0 aliphatic heterocycles. The number of carboxylic acids is 1. The van der Waals surface area contributed by atoms with E-state index < -0.39 is 12.0 Å². The molecule has 1 amide bonds. The van der Waals surface area contributed by atoms with E-state index in [1.54, 1.807) is 13.8 Å². The van der Waals surface area contributed by atoms with Crippen molar-refractivity contribution in [2.75, 3.05) is 0 Å². The van der Waals surface area contributed by atoms with Gasteiger partial charge in [0.1, 0.15) is 6.04 Å². The third-order valence-corrected chi connectivity index (χ3v) is 6.21. The maximum absolute atomic E-state index is 12.0. The van der Waals surface area contributed by atoms with Gasteiger partial charge in [0, 0.05) is 4.47 Å². The minimum atomic E-state index is -1.02. The van der Waals surface area contributed by atoms with E-state index in [4.69, 9.17) is 5.11 Å². The molecule has 1 heterocycles. The van der Waals surface area contributed by atoms with Gasteiger partial charge in [-0.1, -0.05) is 13.8 Å². The highest BCUT2D eigenvalue weighted by atomic mass is 79.9. The SMILES string of the molecule is Cc1c(C(=O)N[C@H](C(=O)O)C(C)C)sc(Br)c1Br. The number of thiophene rings is 1. The van der Waals surface area contributed by atoms with Gasteiger partial charge in [-0.2, -0.15) is 0 Å². The number of halogens is 2. The number of hydrogen-bond acceptors (Lipinski definition) is 3. The fraction of sp³-hybridized carbons (Fsp3) is 0.455. The highest BCUT2D eigenvalue weighted by molar-refractivity contribution is 9.13.